The second kappa shape index (κ2) is 8.97. The molecule has 1 saturated heterocycles. The van der Waals surface area contributed by atoms with Gasteiger partial charge in [0.1, 0.15) is 0 Å². The number of Topliss-reactive ketones (excluding diaryl/α,β-unsaturated/α-hetero) is 1. The van der Waals surface area contributed by atoms with Crippen LogP contribution in [-0.2, 0) is 13.0 Å². The lowest BCUT2D eigenvalue weighted by Gasteiger charge is -2.63. The Morgan fingerprint density at radius 1 is 0.821 bits per heavy atom. The van der Waals surface area contributed by atoms with Crippen LogP contribution in [0.4, 0.5) is 0 Å². The van der Waals surface area contributed by atoms with Crippen molar-refractivity contribution in [2.45, 2.75) is 48.4 Å². The fraction of sp³-hybridized carbons (Fsp3) is 0.458. The normalized spacial score (nSPS) is 24.3. The van der Waals surface area contributed by atoms with Crippen LogP contribution >= 0.6 is 0 Å². The van der Waals surface area contributed by atoms with Crippen LogP contribution < -0.4 is 9.47 Å². The first-order valence-corrected chi connectivity index (χ1v) is 11.5. The van der Waals surface area contributed by atoms with Gasteiger partial charge in [0.15, 0.2) is 22.9 Å². The van der Waals surface area contributed by atoms with Crippen LogP contribution in [0.1, 0.15) is 27.9 Å². The molecule has 4 rings (SSSR count). The van der Waals surface area contributed by atoms with Crippen molar-refractivity contribution in [3.05, 3.63) is 47.0 Å². The Hall–Kier alpha value is -3.09. The Balaban J connectivity index is 1.79. The van der Waals surface area contributed by atoms with E-state index in [2.05, 4.69) is 0 Å². The van der Waals surface area contributed by atoms with Gasteiger partial charge in [-0.25, -0.2) is 0 Å². The summed E-state index contributed by atoms with van der Waals surface area (Å²) in [6.07, 6.45) is -2.04. The van der Waals surface area contributed by atoms with E-state index in [1.807, 2.05) is 0 Å². The molecule has 1 atom stereocenters. The average molecular weight is 555 g/mol. The monoisotopic (exact) mass is 555 g/mol. The van der Waals surface area contributed by atoms with E-state index in [-0.39, 0.29) is 21.8 Å². The number of aliphatic hydroxyl groups is 9. The summed E-state index contributed by atoms with van der Waals surface area (Å²) in [6, 6.07) is 7.22. The van der Waals surface area contributed by atoms with Crippen molar-refractivity contribution in [2.24, 2.45) is 5.92 Å². The number of phenols is 2. The molecule has 0 spiro atoms. The van der Waals surface area contributed by atoms with Crippen LogP contribution in [0.3, 0.4) is 0 Å². The van der Waals surface area contributed by atoms with Gasteiger partial charge in [0.05, 0.1) is 19.8 Å². The molecule has 0 saturated carbocycles. The number of likely N-dealkylation sites (tertiary alicyclic amines) is 1. The first kappa shape index (κ1) is 28.9. The van der Waals surface area contributed by atoms with E-state index in [1.165, 1.54) is 24.3 Å². The van der Waals surface area contributed by atoms with E-state index in [9.17, 15) is 61.0 Å². The lowest BCUT2D eigenvalue weighted by molar-refractivity contribution is -0.597. The zero-order valence-corrected chi connectivity index (χ0v) is 20.7. The zero-order valence-electron chi connectivity index (χ0n) is 20.7. The van der Waals surface area contributed by atoms with Gasteiger partial charge in [-0.2, -0.15) is 4.90 Å². The number of benzene rings is 2. The maximum Gasteiger partial charge on any atom is 0.289 e. The SMILES string of the molecule is COc1c(O)c2c(c(O)c1OC)C(=O)C(CC1(O)C(O)(O)C(O)(O)N(Cc3ccccc3)C(O)(O)C1(O)O)C2. The molecule has 1 aliphatic carbocycles. The molecule has 2 aliphatic rings. The number of hydrogen-bond acceptors (Lipinski definition) is 15. The third kappa shape index (κ3) is 3.64. The van der Waals surface area contributed by atoms with Crippen molar-refractivity contribution in [3.8, 4) is 23.0 Å². The number of aromatic hydroxyl groups is 2. The van der Waals surface area contributed by atoms with Crippen molar-refractivity contribution in [2.75, 3.05) is 14.2 Å². The van der Waals surface area contributed by atoms with Crippen LogP contribution in [0.5, 0.6) is 23.0 Å². The molecule has 1 aliphatic heterocycles. The molecule has 1 unspecified atom stereocenters. The van der Waals surface area contributed by atoms with Gasteiger partial charge in [-0.05, 0) is 18.4 Å². The number of ketones is 1. The Bertz CT molecular complexity index is 1260. The summed E-state index contributed by atoms with van der Waals surface area (Å²) in [4.78, 5) is 12.9. The standard InChI is InChI=1S/C24H29NO14/c1-38-18-16(27)13-8-12(15(26)14(13)17(28)19(18)39-2)9-20(29)21(30,31)23(34,35)25(24(36,37)22(20,32)33)10-11-6-4-3-5-7-11/h3-7,12,27-37H,8-10H2,1-2H3. The number of ether oxygens (including phenoxy) is 2. The molecule has 0 amide bonds. The first-order chi connectivity index (χ1) is 17.9. The second-order valence-electron chi connectivity index (χ2n) is 9.63. The van der Waals surface area contributed by atoms with Gasteiger partial charge >= 0.3 is 0 Å². The molecule has 15 heteroatoms. The largest absolute Gasteiger partial charge is 0.504 e. The predicted molar refractivity (Wildman–Crippen MR) is 125 cm³/mol. The number of rotatable bonds is 6. The minimum Gasteiger partial charge on any atom is -0.504 e. The van der Waals surface area contributed by atoms with E-state index < -0.39 is 82.9 Å². The van der Waals surface area contributed by atoms with Gasteiger partial charge in [0, 0.05) is 18.0 Å². The number of piperidine rings is 1. The Labute approximate surface area is 220 Å². The minimum absolute atomic E-state index is 0.116. The Morgan fingerprint density at radius 2 is 1.31 bits per heavy atom. The Morgan fingerprint density at radius 3 is 1.79 bits per heavy atom. The molecule has 1 heterocycles. The summed E-state index contributed by atoms with van der Waals surface area (Å²) >= 11 is 0. The van der Waals surface area contributed by atoms with Gasteiger partial charge in [0.2, 0.25) is 11.5 Å². The fourth-order valence-corrected chi connectivity index (χ4v) is 5.30. The summed E-state index contributed by atoms with van der Waals surface area (Å²) in [5, 5.41) is 119. The van der Waals surface area contributed by atoms with Crippen LogP contribution in [0.2, 0.25) is 0 Å². The summed E-state index contributed by atoms with van der Waals surface area (Å²) in [7, 11) is 2.24. The fourth-order valence-electron chi connectivity index (χ4n) is 5.30. The van der Waals surface area contributed by atoms with E-state index in [0.717, 1.165) is 14.2 Å². The molecular weight excluding hydrogens is 526 g/mol. The maximum absolute atomic E-state index is 13.2. The van der Waals surface area contributed by atoms with Gasteiger partial charge in [-0.1, -0.05) is 30.3 Å². The van der Waals surface area contributed by atoms with E-state index in [0.29, 0.717) is 0 Å². The third-order valence-corrected chi connectivity index (χ3v) is 7.50. The van der Waals surface area contributed by atoms with Gasteiger partial charge in [-0.15, -0.1) is 0 Å². The van der Waals surface area contributed by atoms with Crippen LogP contribution in [-0.4, -0.2) is 110 Å². The van der Waals surface area contributed by atoms with Crippen LogP contribution in [0, 0.1) is 5.92 Å². The van der Waals surface area contributed by atoms with Gasteiger partial charge < -0.3 is 65.6 Å². The highest BCUT2D eigenvalue weighted by Gasteiger charge is 2.84. The number of carbonyl (C=O) groups excluding carboxylic acids is 1. The third-order valence-electron chi connectivity index (χ3n) is 7.50. The molecule has 2 aromatic carbocycles. The first-order valence-electron chi connectivity index (χ1n) is 11.5. The molecule has 214 valence electrons. The molecule has 0 bridgehead atoms. The molecular formula is C24H29NO14. The smallest absolute Gasteiger partial charge is 0.289 e. The number of phenolic OH excluding ortho intramolecular Hbond substituents is 2. The molecule has 2 aromatic rings. The predicted octanol–water partition coefficient (Wildman–Crippen LogP) is -3.25. The summed E-state index contributed by atoms with van der Waals surface area (Å²) in [6.45, 7) is -0.919. The lowest BCUT2D eigenvalue weighted by atomic mass is 9.69. The van der Waals surface area contributed by atoms with Crippen molar-refractivity contribution in [1.29, 1.82) is 0 Å². The molecule has 15 nitrogen and oxygen atoms in total. The highest BCUT2D eigenvalue weighted by molar-refractivity contribution is 6.06. The number of carbonyl (C=O) groups is 1. The average Bonchev–Trinajstić information content (AvgIpc) is 3.19. The van der Waals surface area contributed by atoms with Gasteiger partial charge in [0.25, 0.3) is 23.4 Å². The Kier molecular flexibility index (Phi) is 6.65. The highest BCUT2D eigenvalue weighted by Crippen LogP contribution is 2.56. The molecule has 39 heavy (non-hydrogen) atoms. The highest BCUT2D eigenvalue weighted by atomic mass is 16.7. The molecule has 0 aromatic heterocycles. The van der Waals surface area contributed by atoms with Crippen molar-refractivity contribution < 1.29 is 70.4 Å². The number of fused-ring (bicyclic) bond motifs is 1. The summed E-state index contributed by atoms with van der Waals surface area (Å²) in [5.74, 6) is -22.1. The number of nitrogens with zero attached hydrogens (tertiary/aromatic N) is 1. The van der Waals surface area contributed by atoms with Crippen molar-refractivity contribution in [3.63, 3.8) is 0 Å². The van der Waals surface area contributed by atoms with E-state index in [1.54, 1.807) is 6.07 Å². The zero-order chi connectivity index (χ0) is 29.3. The number of methoxy groups -OCH3 is 2. The summed E-state index contributed by atoms with van der Waals surface area (Å²) < 4.78 is 9.97. The van der Waals surface area contributed by atoms with Crippen molar-refractivity contribution >= 4 is 5.78 Å². The molecule has 11 N–H and O–H groups in total. The molecule has 0 radical (unpaired) electrons. The quantitative estimate of drug-likeness (QED) is 0.123. The lowest BCUT2D eigenvalue weighted by Crippen LogP contribution is -2.93. The van der Waals surface area contributed by atoms with E-state index in [4.69, 9.17) is 9.47 Å². The second-order valence-corrected chi connectivity index (χ2v) is 9.63. The minimum atomic E-state index is -4.37. The van der Waals surface area contributed by atoms with Crippen LogP contribution in [0.25, 0.3) is 0 Å². The van der Waals surface area contributed by atoms with Crippen LogP contribution in [0.15, 0.2) is 30.3 Å². The van der Waals surface area contributed by atoms with Crippen molar-refractivity contribution in [1.82, 2.24) is 4.90 Å². The molecule has 1 fully saturated rings. The topological polar surface area (TPSA) is 261 Å². The van der Waals surface area contributed by atoms with Gasteiger partial charge in [-0.3, -0.25) is 4.79 Å². The van der Waals surface area contributed by atoms with E-state index >= 15 is 0 Å². The number of hydrogen-bond donors (Lipinski definition) is 11. The summed E-state index contributed by atoms with van der Waals surface area (Å²) in [5.41, 5.74) is -4.72. The maximum atomic E-state index is 13.2.